The summed E-state index contributed by atoms with van der Waals surface area (Å²) in [4.78, 5) is 2.04. The van der Waals surface area contributed by atoms with Crippen molar-refractivity contribution < 1.29 is 13.9 Å². The van der Waals surface area contributed by atoms with Crippen LogP contribution in [0.15, 0.2) is 42.5 Å². The van der Waals surface area contributed by atoms with Crippen LogP contribution in [-0.4, -0.2) is 40.0 Å². The van der Waals surface area contributed by atoms with Gasteiger partial charge in [0.1, 0.15) is 11.6 Å². The van der Waals surface area contributed by atoms with E-state index in [0.29, 0.717) is 18.9 Å². The van der Waals surface area contributed by atoms with E-state index in [1.807, 2.05) is 41.3 Å². The van der Waals surface area contributed by atoms with Crippen LogP contribution in [0, 0.1) is 5.82 Å². The molecule has 1 N–H and O–H groups in total. The topological polar surface area (TPSA) is 33.7 Å². The Morgan fingerprint density at radius 1 is 1.16 bits per heavy atom. The highest BCUT2D eigenvalue weighted by atomic mass is 19.1. The third-order valence-corrected chi connectivity index (χ3v) is 4.46. The Bertz CT molecular complexity index is 687. The molecule has 5 heteroatoms. The number of anilines is 1. The normalized spacial score (nSPS) is 14.6. The van der Waals surface area contributed by atoms with Gasteiger partial charge in [-0.05, 0) is 36.7 Å². The Morgan fingerprint density at radius 2 is 1.96 bits per heavy atom. The fourth-order valence-corrected chi connectivity index (χ4v) is 3.07. The fourth-order valence-electron chi connectivity index (χ4n) is 3.07. The molecule has 0 bridgehead atoms. The minimum atomic E-state index is -0.149. The van der Waals surface area contributed by atoms with Crippen LogP contribution in [0.1, 0.15) is 11.1 Å². The van der Waals surface area contributed by atoms with Crippen LogP contribution in [0.4, 0.5) is 10.1 Å². The lowest BCUT2D eigenvalue weighted by molar-refractivity contribution is 0.122. The van der Waals surface area contributed by atoms with Crippen molar-refractivity contribution in [2.75, 3.05) is 44.9 Å². The second-order valence-corrected chi connectivity index (χ2v) is 6.12. The molecule has 1 saturated heterocycles. The Hall–Kier alpha value is -2.11. The standard InChI is InChI=1S/C20H25FN2O2/c1-24-20-5-3-2-4-17(20)15-22-9-8-16-6-7-19(18(21)14-16)23-10-12-25-13-11-23/h2-7,14,22H,8-13,15H2,1H3. The number of hydrogen-bond acceptors (Lipinski definition) is 4. The highest BCUT2D eigenvalue weighted by Crippen LogP contribution is 2.22. The summed E-state index contributed by atoms with van der Waals surface area (Å²) in [5.74, 6) is 0.736. The zero-order valence-electron chi connectivity index (χ0n) is 14.6. The monoisotopic (exact) mass is 344 g/mol. The van der Waals surface area contributed by atoms with Crippen molar-refractivity contribution in [1.29, 1.82) is 0 Å². The third-order valence-electron chi connectivity index (χ3n) is 4.46. The number of para-hydroxylation sites is 1. The van der Waals surface area contributed by atoms with Crippen molar-refractivity contribution in [3.8, 4) is 5.75 Å². The average Bonchev–Trinajstić information content (AvgIpc) is 2.66. The number of hydrogen-bond donors (Lipinski definition) is 1. The molecule has 0 aromatic heterocycles. The first-order chi connectivity index (χ1) is 12.3. The highest BCUT2D eigenvalue weighted by Gasteiger charge is 2.15. The highest BCUT2D eigenvalue weighted by molar-refractivity contribution is 5.49. The maximum Gasteiger partial charge on any atom is 0.146 e. The molecule has 0 radical (unpaired) electrons. The first kappa shape index (κ1) is 17.7. The lowest BCUT2D eigenvalue weighted by atomic mass is 10.1. The van der Waals surface area contributed by atoms with Gasteiger partial charge in [-0.1, -0.05) is 24.3 Å². The molecular formula is C20H25FN2O2. The van der Waals surface area contributed by atoms with Gasteiger partial charge in [0, 0.05) is 25.2 Å². The predicted octanol–water partition coefficient (Wildman–Crippen LogP) is 3.00. The van der Waals surface area contributed by atoms with Gasteiger partial charge in [0.25, 0.3) is 0 Å². The largest absolute Gasteiger partial charge is 0.496 e. The van der Waals surface area contributed by atoms with Crippen LogP contribution in [-0.2, 0) is 17.7 Å². The zero-order chi connectivity index (χ0) is 17.5. The summed E-state index contributed by atoms with van der Waals surface area (Å²) in [6.45, 7) is 4.34. The Kier molecular flexibility index (Phi) is 6.25. The second-order valence-electron chi connectivity index (χ2n) is 6.12. The number of halogens is 1. The molecule has 1 aliphatic heterocycles. The van der Waals surface area contributed by atoms with Gasteiger partial charge in [0.2, 0.25) is 0 Å². The van der Waals surface area contributed by atoms with Gasteiger partial charge in [-0.15, -0.1) is 0 Å². The van der Waals surface area contributed by atoms with Crippen LogP contribution < -0.4 is 15.0 Å². The molecule has 1 heterocycles. The van der Waals surface area contributed by atoms with E-state index in [9.17, 15) is 4.39 Å². The molecule has 0 saturated carbocycles. The summed E-state index contributed by atoms with van der Waals surface area (Å²) in [5, 5.41) is 3.39. The van der Waals surface area contributed by atoms with Crippen molar-refractivity contribution in [2.24, 2.45) is 0 Å². The van der Waals surface area contributed by atoms with Gasteiger partial charge in [-0.2, -0.15) is 0 Å². The van der Waals surface area contributed by atoms with Crippen molar-refractivity contribution in [3.05, 3.63) is 59.4 Å². The summed E-state index contributed by atoms with van der Waals surface area (Å²) < 4.78 is 25.1. The SMILES string of the molecule is COc1ccccc1CNCCc1ccc(N2CCOCC2)c(F)c1. The van der Waals surface area contributed by atoms with Crippen molar-refractivity contribution in [1.82, 2.24) is 5.32 Å². The number of morpholine rings is 1. The maximum atomic E-state index is 14.4. The minimum absolute atomic E-state index is 0.149. The first-order valence-electron chi connectivity index (χ1n) is 8.71. The van der Waals surface area contributed by atoms with E-state index < -0.39 is 0 Å². The second kappa shape index (κ2) is 8.83. The fraction of sp³-hybridized carbons (Fsp3) is 0.400. The van der Waals surface area contributed by atoms with Gasteiger partial charge >= 0.3 is 0 Å². The predicted molar refractivity (Wildman–Crippen MR) is 97.8 cm³/mol. The quantitative estimate of drug-likeness (QED) is 0.783. The molecule has 4 nitrogen and oxygen atoms in total. The van der Waals surface area contributed by atoms with Crippen molar-refractivity contribution in [3.63, 3.8) is 0 Å². The van der Waals surface area contributed by atoms with E-state index in [2.05, 4.69) is 5.32 Å². The van der Waals surface area contributed by atoms with Crippen LogP contribution in [0.2, 0.25) is 0 Å². The molecule has 0 atom stereocenters. The number of methoxy groups -OCH3 is 1. The molecule has 1 fully saturated rings. The number of ether oxygens (including phenoxy) is 2. The summed E-state index contributed by atoms with van der Waals surface area (Å²) in [5.41, 5.74) is 2.80. The third kappa shape index (κ3) is 4.71. The molecule has 3 rings (SSSR count). The molecule has 0 unspecified atom stereocenters. The van der Waals surface area contributed by atoms with Gasteiger partial charge in [0.15, 0.2) is 0 Å². The Labute approximate surface area is 148 Å². The van der Waals surface area contributed by atoms with E-state index in [-0.39, 0.29) is 5.82 Å². The Morgan fingerprint density at radius 3 is 2.72 bits per heavy atom. The van der Waals surface area contributed by atoms with E-state index in [1.54, 1.807) is 13.2 Å². The van der Waals surface area contributed by atoms with E-state index >= 15 is 0 Å². The maximum absolute atomic E-state index is 14.4. The molecule has 134 valence electrons. The van der Waals surface area contributed by atoms with Crippen LogP contribution in [0.5, 0.6) is 5.75 Å². The van der Waals surface area contributed by atoms with E-state index in [1.165, 1.54) is 0 Å². The lowest BCUT2D eigenvalue weighted by Gasteiger charge is -2.29. The first-order valence-corrected chi connectivity index (χ1v) is 8.71. The summed E-state index contributed by atoms with van der Waals surface area (Å²) >= 11 is 0. The van der Waals surface area contributed by atoms with Crippen LogP contribution in [0.25, 0.3) is 0 Å². The summed E-state index contributed by atoms with van der Waals surface area (Å²) in [7, 11) is 1.68. The van der Waals surface area contributed by atoms with Crippen LogP contribution in [0.3, 0.4) is 0 Å². The number of nitrogens with zero attached hydrogens (tertiary/aromatic N) is 1. The van der Waals surface area contributed by atoms with E-state index in [0.717, 1.165) is 49.5 Å². The summed E-state index contributed by atoms with van der Waals surface area (Å²) in [6.07, 6.45) is 0.787. The molecule has 2 aromatic carbocycles. The average molecular weight is 344 g/mol. The van der Waals surface area contributed by atoms with Crippen LogP contribution >= 0.6 is 0 Å². The molecule has 25 heavy (non-hydrogen) atoms. The zero-order valence-corrected chi connectivity index (χ0v) is 14.6. The molecule has 0 aliphatic carbocycles. The van der Waals surface area contributed by atoms with Crippen molar-refractivity contribution in [2.45, 2.75) is 13.0 Å². The molecular weight excluding hydrogens is 319 g/mol. The van der Waals surface area contributed by atoms with Gasteiger partial charge in [-0.3, -0.25) is 0 Å². The lowest BCUT2D eigenvalue weighted by Crippen LogP contribution is -2.36. The number of nitrogens with one attached hydrogen (secondary N) is 1. The van der Waals surface area contributed by atoms with E-state index in [4.69, 9.17) is 9.47 Å². The molecule has 0 spiro atoms. The molecule has 0 amide bonds. The number of rotatable bonds is 7. The molecule has 1 aliphatic rings. The smallest absolute Gasteiger partial charge is 0.146 e. The number of benzene rings is 2. The van der Waals surface area contributed by atoms with Crippen molar-refractivity contribution >= 4 is 5.69 Å². The van der Waals surface area contributed by atoms with Gasteiger partial charge in [-0.25, -0.2) is 4.39 Å². The molecule has 2 aromatic rings. The summed E-state index contributed by atoms with van der Waals surface area (Å²) in [6, 6.07) is 13.5. The minimum Gasteiger partial charge on any atom is -0.496 e. The Balaban J connectivity index is 1.51. The van der Waals surface area contributed by atoms with Gasteiger partial charge in [0.05, 0.1) is 26.0 Å². The van der Waals surface area contributed by atoms with Gasteiger partial charge < -0.3 is 19.7 Å².